The van der Waals surface area contributed by atoms with Crippen LogP contribution in [0, 0.1) is 0 Å². The number of hydrogen-bond donors (Lipinski definition) is 1. The van der Waals surface area contributed by atoms with Gasteiger partial charge in [-0.05, 0) is 31.0 Å². The van der Waals surface area contributed by atoms with Crippen molar-refractivity contribution in [3.8, 4) is 0 Å². The normalized spacial score (nSPS) is 18.3. The fourth-order valence-corrected chi connectivity index (χ4v) is 1.90. The highest BCUT2D eigenvalue weighted by atomic mass is 16.2. The number of hydrogen-bond acceptors (Lipinski definition) is 2. The lowest BCUT2D eigenvalue weighted by Gasteiger charge is -2.17. The summed E-state index contributed by atoms with van der Waals surface area (Å²) in [6, 6.07) is 7.94. The van der Waals surface area contributed by atoms with Crippen molar-refractivity contribution in [2.45, 2.75) is 25.8 Å². The molecule has 1 aliphatic heterocycles. The average molecular weight is 204 g/mol. The number of nitrogens with zero attached hydrogens (tertiary/aromatic N) is 1. The fraction of sp³-hybridized carbons (Fsp3) is 0.417. The molecular weight excluding hydrogens is 188 g/mol. The van der Waals surface area contributed by atoms with E-state index in [0.29, 0.717) is 6.42 Å². The molecule has 0 radical (unpaired) electrons. The number of nitrogens with two attached hydrogens (primary N) is 1. The first-order valence-electron chi connectivity index (χ1n) is 5.34. The Morgan fingerprint density at radius 3 is 2.87 bits per heavy atom. The highest BCUT2D eigenvalue weighted by Gasteiger charge is 2.21. The van der Waals surface area contributed by atoms with Gasteiger partial charge in [0.2, 0.25) is 5.91 Å². The van der Waals surface area contributed by atoms with Crippen LogP contribution in [0.3, 0.4) is 0 Å². The van der Waals surface area contributed by atoms with Crippen molar-refractivity contribution in [2.75, 3.05) is 11.4 Å². The van der Waals surface area contributed by atoms with Gasteiger partial charge >= 0.3 is 0 Å². The Labute approximate surface area is 89.9 Å². The molecule has 1 atom stereocenters. The first kappa shape index (κ1) is 10.2. The third-order valence-electron chi connectivity index (χ3n) is 2.78. The van der Waals surface area contributed by atoms with Gasteiger partial charge < -0.3 is 10.6 Å². The SMILES string of the molecule is CC(N)c1cccc(N2CCCC2=O)c1. The number of carbonyl (C=O) groups excluding carboxylic acids is 1. The van der Waals surface area contributed by atoms with E-state index in [1.165, 1.54) is 0 Å². The molecule has 1 amide bonds. The van der Waals surface area contributed by atoms with Gasteiger partial charge in [-0.15, -0.1) is 0 Å². The third-order valence-corrected chi connectivity index (χ3v) is 2.78. The summed E-state index contributed by atoms with van der Waals surface area (Å²) in [7, 11) is 0. The van der Waals surface area contributed by atoms with Crippen LogP contribution in [-0.4, -0.2) is 12.5 Å². The van der Waals surface area contributed by atoms with Crippen LogP contribution in [0.2, 0.25) is 0 Å². The Kier molecular flexibility index (Phi) is 2.73. The largest absolute Gasteiger partial charge is 0.324 e. The van der Waals surface area contributed by atoms with E-state index in [2.05, 4.69) is 0 Å². The Hall–Kier alpha value is -1.35. The predicted octanol–water partition coefficient (Wildman–Crippen LogP) is 1.83. The first-order valence-corrected chi connectivity index (χ1v) is 5.34. The molecule has 0 bridgehead atoms. The lowest BCUT2D eigenvalue weighted by molar-refractivity contribution is -0.117. The van der Waals surface area contributed by atoms with Crippen molar-refractivity contribution in [3.63, 3.8) is 0 Å². The second-order valence-electron chi connectivity index (χ2n) is 4.03. The molecule has 80 valence electrons. The lowest BCUT2D eigenvalue weighted by atomic mass is 10.1. The molecule has 3 heteroatoms. The molecule has 1 saturated heterocycles. The summed E-state index contributed by atoms with van der Waals surface area (Å²) in [5.74, 6) is 0.219. The summed E-state index contributed by atoms with van der Waals surface area (Å²) in [6.07, 6.45) is 1.63. The Bertz CT molecular complexity index is 374. The van der Waals surface area contributed by atoms with Gasteiger partial charge in [0, 0.05) is 24.7 Å². The molecule has 0 aliphatic carbocycles. The van der Waals surface area contributed by atoms with Crippen molar-refractivity contribution in [1.82, 2.24) is 0 Å². The zero-order chi connectivity index (χ0) is 10.8. The molecule has 1 heterocycles. The van der Waals surface area contributed by atoms with Gasteiger partial charge in [-0.3, -0.25) is 4.79 Å². The van der Waals surface area contributed by atoms with Crippen LogP contribution in [0.4, 0.5) is 5.69 Å². The molecule has 0 spiro atoms. The number of rotatable bonds is 2. The standard InChI is InChI=1S/C12H16N2O/c1-9(13)10-4-2-5-11(8-10)14-7-3-6-12(14)15/h2,4-5,8-9H,3,6-7,13H2,1H3. The van der Waals surface area contributed by atoms with Gasteiger partial charge in [-0.1, -0.05) is 12.1 Å². The second-order valence-corrected chi connectivity index (χ2v) is 4.03. The highest BCUT2D eigenvalue weighted by molar-refractivity contribution is 5.95. The zero-order valence-corrected chi connectivity index (χ0v) is 8.94. The topological polar surface area (TPSA) is 46.3 Å². The maximum absolute atomic E-state index is 11.6. The van der Waals surface area contributed by atoms with E-state index in [-0.39, 0.29) is 11.9 Å². The summed E-state index contributed by atoms with van der Waals surface area (Å²) in [5.41, 5.74) is 7.87. The van der Waals surface area contributed by atoms with Crippen LogP contribution in [0.25, 0.3) is 0 Å². The molecule has 3 nitrogen and oxygen atoms in total. The monoisotopic (exact) mass is 204 g/mol. The third kappa shape index (κ3) is 2.02. The zero-order valence-electron chi connectivity index (χ0n) is 8.94. The first-order chi connectivity index (χ1) is 7.18. The predicted molar refractivity (Wildman–Crippen MR) is 60.6 cm³/mol. The van der Waals surface area contributed by atoms with E-state index >= 15 is 0 Å². The summed E-state index contributed by atoms with van der Waals surface area (Å²) in [6.45, 7) is 2.78. The number of anilines is 1. The van der Waals surface area contributed by atoms with E-state index in [1.807, 2.05) is 36.1 Å². The van der Waals surface area contributed by atoms with Crippen molar-refractivity contribution >= 4 is 11.6 Å². The summed E-state index contributed by atoms with van der Waals surface area (Å²) in [5, 5.41) is 0. The maximum atomic E-state index is 11.6. The van der Waals surface area contributed by atoms with Gasteiger partial charge in [-0.25, -0.2) is 0 Å². The van der Waals surface area contributed by atoms with Gasteiger partial charge in [0.25, 0.3) is 0 Å². The van der Waals surface area contributed by atoms with Crippen molar-refractivity contribution in [3.05, 3.63) is 29.8 Å². The summed E-state index contributed by atoms with van der Waals surface area (Å²) in [4.78, 5) is 13.4. The highest BCUT2D eigenvalue weighted by Crippen LogP contribution is 2.23. The minimum Gasteiger partial charge on any atom is -0.324 e. The number of benzene rings is 1. The van der Waals surface area contributed by atoms with Crippen LogP contribution >= 0.6 is 0 Å². The lowest BCUT2D eigenvalue weighted by Crippen LogP contribution is -2.23. The maximum Gasteiger partial charge on any atom is 0.227 e. The molecule has 1 aromatic rings. The van der Waals surface area contributed by atoms with Crippen molar-refractivity contribution in [1.29, 1.82) is 0 Å². The molecule has 2 rings (SSSR count). The van der Waals surface area contributed by atoms with Gasteiger partial charge in [0.15, 0.2) is 0 Å². The molecule has 0 saturated carbocycles. The number of amides is 1. The van der Waals surface area contributed by atoms with Crippen LogP contribution in [0.1, 0.15) is 31.4 Å². The Balaban J connectivity index is 2.28. The van der Waals surface area contributed by atoms with E-state index in [0.717, 1.165) is 24.2 Å². The number of carbonyl (C=O) groups is 1. The van der Waals surface area contributed by atoms with Crippen LogP contribution in [-0.2, 0) is 4.79 Å². The molecule has 1 aromatic carbocycles. The molecule has 2 N–H and O–H groups in total. The van der Waals surface area contributed by atoms with Crippen molar-refractivity contribution in [2.24, 2.45) is 5.73 Å². The molecule has 15 heavy (non-hydrogen) atoms. The molecule has 0 aromatic heterocycles. The Morgan fingerprint density at radius 2 is 2.27 bits per heavy atom. The summed E-state index contributed by atoms with van der Waals surface area (Å²) < 4.78 is 0. The quantitative estimate of drug-likeness (QED) is 0.799. The smallest absolute Gasteiger partial charge is 0.227 e. The van der Waals surface area contributed by atoms with Gasteiger partial charge in [-0.2, -0.15) is 0 Å². The van der Waals surface area contributed by atoms with Gasteiger partial charge in [0.1, 0.15) is 0 Å². The summed E-state index contributed by atoms with van der Waals surface area (Å²) >= 11 is 0. The molecule has 1 fully saturated rings. The minimum absolute atomic E-state index is 0.0163. The van der Waals surface area contributed by atoms with Crippen molar-refractivity contribution < 1.29 is 4.79 Å². The second kappa shape index (κ2) is 4.03. The average Bonchev–Trinajstić information content (AvgIpc) is 2.64. The molecule has 1 aliphatic rings. The van der Waals surface area contributed by atoms with Crippen LogP contribution in [0.15, 0.2) is 24.3 Å². The van der Waals surface area contributed by atoms with E-state index in [9.17, 15) is 4.79 Å². The molecular formula is C12H16N2O. The van der Waals surface area contributed by atoms with E-state index in [1.54, 1.807) is 0 Å². The van der Waals surface area contributed by atoms with Gasteiger partial charge in [0.05, 0.1) is 0 Å². The Morgan fingerprint density at radius 1 is 1.47 bits per heavy atom. The minimum atomic E-state index is 0.0163. The van der Waals surface area contributed by atoms with E-state index < -0.39 is 0 Å². The van der Waals surface area contributed by atoms with E-state index in [4.69, 9.17) is 5.73 Å². The van der Waals surface area contributed by atoms with Crippen LogP contribution in [0.5, 0.6) is 0 Å². The fourth-order valence-electron chi connectivity index (χ4n) is 1.90. The van der Waals surface area contributed by atoms with Crippen LogP contribution < -0.4 is 10.6 Å². The molecule has 1 unspecified atom stereocenters.